The number of carboxylic acid groups (broad SMARTS) is 1. The Labute approximate surface area is 328 Å². The van der Waals surface area contributed by atoms with Gasteiger partial charge in [-0.2, -0.15) is 0 Å². The van der Waals surface area contributed by atoms with Crippen LogP contribution in [-0.2, 0) is 52.2 Å². The molecule has 0 amide bonds. The molecule has 4 saturated heterocycles. The van der Waals surface area contributed by atoms with Crippen LogP contribution in [0.15, 0.2) is 0 Å². The van der Waals surface area contributed by atoms with Gasteiger partial charge >= 0.3 is 11.9 Å². The molecule has 0 aromatic heterocycles. The van der Waals surface area contributed by atoms with Crippen molar-refractivity contribution in [3.63, 3.8) is 0 Å². The molecule has 0 radical (unpaired) electrons. The number of carbonyl (C=O) groups is 2. The van der Waals surface area contributed by atoms with Crippen LogP contribution in [-0.4, -0.2) is 256 Å². The average Bonchev–Trinajstić information content (AvgIpc) is 3.18. The number of aliphatic carboxylic acids is 1. The first-order chi connectivity index (χ1) is 27.1. The van der Waals surface area contributed by atoms with E-state index < -0.39 is 179 Å². The maximum Gasteiger partial charge on any atom is 0.335 e. The Morgan fingerprint density at radius 2 is 1.12 bits per heavy atom. The van der Waals surface area contributed by atoms with Crippen LogP contribution in [0.5, 0.6) is 0 Å². The zero-order valence-corrected chi connectivity index (χ0v) is 31.2. The summed E-state index contributed by atoms with van der Waals surface area (Å²) in [6, 6.07) is 0. The first-order valence-corrected chi connectivity index (χ1v) is 18.1. The van der Waals surface area contributed by atoms with Crippen LogP contribution < -0.4 is 0 Å². The van der Waals surface area contributed by atoms with Crippen molar-refractivity contribution in [2.75, 3.05) is 19.8 Å². The third-order valence-corrected chi connectivity index (χ3v) is 10.1. The predicted molar refractivity (Wildman–Crippen MR) is 176 cm³/mol. The van der Waals surface area contributed by atoms with E-state index in [1.54, 1.807) is 0 Å². The molecule has 0 bridgehead atoms. The number of carbonyl (C=O) groups excluding carboxylic acids is 1. The van der Waals surface area contributed by atoms with Crippen molar-refractivity contribution >= 4 is 11.9 Å². The van der Waals surface area contributed by atoms with Gasteiger partial charge in [0, 0.05) is 6.92 Å². The van der Waals surface area contributed by atoms with Crippen LogP contribution >= 0.6 is 0 Å². The van der Waals surface area contributed by atoms with Crippen molar-refractivity contribution < 1.29 is 129 Å². The zero-order valence-electron chi connectivity index (χ0n) is 31.2. The van der Waals surface area contributed by atoms with Gasteiger partial charge in [-0.05, 0) is 13.8 Å². The van der Waals surface area contributed by atoms with E-state index in [2.05, 4.69) is 0 Å². The van der Waals surface area contributed by atoms with Crippen molar-refractivity contribution in [3.05, 3.63) is 0 Å². The highest BCUT2D eigenvalue weighted by atomic mass is 16.8. The van der Waals surface area contributed by atoms with E-state index in [0.717, 1.165) is 6.92 Å². The van der Waals surface area contributed by atoms with Gasteiger partial charge < -0.3 is 119 Å². The first kappa shape index (κ1) is 48.7. The molecule has 0 unspecified atom stereocenters. The second kappa shape index (κ2) is 20.8. The summed E-state index contributed by atoms with van der Waals surface area (Å²) in [6.07, 6.45) is -46.2. The molecule has 0 spiro atoms. The standard InChI is InChI=1S/C32H54O26/c1-7-13(38)18(43)27(58-29-20(45)17(42)19(44)26(57-29)28(48)49)32(52-7)56-24-14(39)8(2)51-30(21(24)46)55-25-16(41)12(5-34)53-31(22(25)47)54-23(15(40)10(36)4-33)11(37)6-50-9(3)35/h7-8,10-27,29-34,36-47H,4-6H2,1-3H3,(H,48,49)/t7-,8-,10-,11+,12+,13-,14-,15+,16+,17-,18+,19-,20+,21+,22+,23+,24+,25-,26-,27+,29-,30-,31-,32-/m0/s1. The Kier molecular flexibility index (Phi) is 17.4. The molecule has 0 aromatic carbocycles. The number of ether oxygens (including phenoxy) is 9. The van der Waals surface area contributed by atoms with Gasteiger partial charge in [0.2, 0.25) is 0 Å². The van der Waals surface area contributed by atoms with Crippen molar-refractivity contribution in [3.8, 4) is 0 Å². The number of aliphatic hydroxyl groups excluding tert-OH is 14. The molecule has 4 rings (SSSR count). The molecule has 338 valence electrons. The Balaban J connectivity index is 1.57. The Hall–Kier alpha value is -1.94. The highest BCUT2D eigenvalue weighted by molar-refractivity contribution is 5.73. The fraction of sp³-hybridized carbons (Fsp3) is 0.938. The Bertz CT molecular complexity index is 1310. The predicted octanol–water partition coefficient (Wildman–Crippen LogP) is -9.57. The minimum atomic E-state index is -2.15. The molecule has 4 heterocycles. The normalized spacial score (nSPS) is 45.8. The van der Waals surface area contributed by atoms with Crippen LogP contribution in [0.25, 0.3) is 0 Å². The molecule has 0 saturated carbocycles. The van der Waals surface area contributed by atoms with Gasteiger partial charge in [0.1, 0.15) is 110 Å². The van der Waals surface area contributed by atoms with Gasteiger partial charge in [-0.15, -0.1) is 0 Å². The second-order valence-corrected chi connectivity index (χ2v) is 14.3. The summed E-state index contributed by atoms with van der Waals surface area (Å²) in [7, 11) is 0. The fourth-order valence-corrected chi connectivity index (χ4v) is 6.66. The molecule has 4 aliphatic rings. The van der Waals surface area contributed by atoms with E-state index in [0.29, 0.717) is 0 Å². The molecular weight excluding hydrogens is 800 g/mol. The summed E-state index contributed by atoms with van der Waals surface area (Å²) < 4.78 is 49.2. The lowest BCUT2D eigenvalue weighted by atomic mass is 9.96. The maximum atomic E-state index is 11.6. The largest absolute Gasteiger partial charge is 0.479 e. The molecule has 15 N–H and O–H groups in total. The lowest BCUT2D eigenvalue weighted by Gasteiger charge is -2.49. The lowest BCUT2D eigenvalue weighted by Crippen LogP contribution is -2.67. The van der Waals surface area contributed by atoms with Gasteiger partial charge in [0.05, 0.1) is 25.4 Å². The number of esters is 1. The number of aliphatic hydroxyl groups is 14. The summed E-state index contributed by atoms with van der Waals surface area (Å²) in [5.74, 6) is -2.62. The molecule has 26 nitrogen and oxygen atoms in total. The average molecular weight is 855 g/mol. The van der Waals surface area contributed by atoms with Crippen LogP contribution in [0.2, 0.25) is 0 Å². The maximum absolute atomic E-state index is 11.6. The molecule has 4 fully saturated rings. The Morgan fingerprint density at radius 3 is 1.71 bits per heavy atom. The van der Waals surface area contributed by atoms with Crippen LogP contribution in [0, 0.1) is 0 Å². The highest BCUT2D eigenvalue weighted by Crippen LogP contribution is 2.35. The van der Waals surface area contributed by atoms with Gasteiger partial charge in [-0.25, -0.2) is 4.79 Å². The topological polar surface area (TPSA) is 421 Å². The van der Waals surface area contributed by atoms with Crippen molar-refractivity contribution in [2.24, 2.45) is 0 Å². The van der Waals surface area contributed by atoms with Gasteiger partial charge in [0.15, 0.2) is 31.3 Å². The molecule has 0 aliphatic carbocycles. The third kappa shape index (κ3) is 10.7. The number of hydrogen-bond acceptors (Lipinski definition) is 25. The van der Waals surface area contributed by atoms with Gasteiger partial charge in [0.25, 0.3) is 0 Å². The molecular formula is C32H54O26. The quantitative estimate of drug-likeness (QED) is 0.0641. The smallest absolute Gasteiger partial charge is 0.335 e. The van der Waals surface area contributed by atoms with Gasteiger partial charge in [-0.1, -0.05) is 0 Å². The molecule has 0 aromatic rings. The minimum absolute atomic E-state index is 0.818. The van der Waals surface area contributed by atoms with E-state index in [1.807, 2.05) is 0 Å². The lowest BCUT2D eigenvalue weighted by molar-refractivity contribution is -0.393. The van der Waals surface area contributed by atoms with E-state index in [-0.39, 0.29) is 0 Å². The van der Waals surface area contributed by atoms with Crippen molar-refractivity contribution in [1.29, 1.82) is 0 Å². The molecule has 24 atom stereocenters. The first-order valence-electron chi connectivity index (χ1n) is 18.1. The van der Waals surface area contributed by atoms with E-state index >= 15 is 0 Å². The minimum Gasteiger partial charge on any atom is -0.479 e. The third-order valence-electron chi connectivity index (χ3n) is 10.1. The summed E-state index contributed by atoms with van der Waals surface area (Å²) in [5.41, 5.74) is 0. The second-order valence-electron chi connectivity index (χ2n) is 14.3. The highest BCUT2D eigenvalue weighted by Gasteiger charge is 2.56. The summed E-state index contributed by atoms with van der Waals surface area (Å²) in [4.78, 5) is 23.0. The SMILES string of the molecule is CC(=O)OC[C@@H](O)[C@@H](O[C@@H]1O[C@H](CO)[C@@H](O)[C@H](O[C@@H]2O[C@@H](C)[C@H](O)[C@@H](O[C@@H]3O[C@@H](C)[C@H](O)[C@@H](O)[C@H]3O[C@@H]3O[C@H](C(=O)O)[C@@H](O)[C@H](O)[C@H]3O)[C@H]2O)[C@H]1O)[C@H](O)[C@@H](O)CO. The van der Waals surface area contributed by atoms with Crippen LogP contribution in [0.4, 0.5) is 0 Å². The fourth-order valence-electron chi connectivity index (χ4n) is 6.66. The summed E-state index contributed by atoms with van der Waals surface area (Å²) in [5, 5.41) is 157. The molecule has 26 heteroatoms. The van der Waals surface area contributed by atoms with E-state index in [1.165, 1.54) is 13.8 Å². The number of rotatable bonds is 16. The molecule has 4 aliphatic heterocycles. The van der Waals surface area contributed by atoms with Gasteiger partial charge in [-0.3, -0.25) is 4.79 Å². The zero-order chi connectivity index (χ0) is 43.5. The Morgan fingerprint density at radius 1 is 0.586 bits per heavy atom. The van der Waals surface area contributed by atoms with Crippen molar-refractivity contribution in [1.82, 2.24) is 0 Å². The van der Waals surface area contributed by atoms with E-state index in [9.17, 15) is 86.2 Å². The van der Waals surface area contributed by atoms with E-state index in [4.69, 9.17) is 42.6 Å². The van der Waals surface area contributed by atoms with Crippen molar-refractivity contribution in [2.45, 2.75) is 168 Å². The van der Waals surface area contributed by atoms with Crippen LogP contribution in [0.3, 0.4) is 0 Å². The van der Waals surface area contributed by atoms with Crippen LogP contribution in [0.1, 0.15) is 20.8 Å². The summed E-state index contributed by atoms with van der Waals surface area (Å²) >= 11 is 0. The monoisotopic (exact) mass is 854 g/mol. The summed E-state index contributed by atoms with van der Waals surface area (Å²) in [6.45, 7) is 0.717. The number of carboxylic acids is 1. The number of hydrogen-bond donors (Lipinski definition) is 15. The molecule has 58 heavy (non-hydrogen) atoms.